The zero-order valence-electron chi connectivity index (χ0n) is 17.4. The van der Waals surface area contributed by atoms with E-state index in [4.69, 9.17) is 9.47 Å². The van der Waals surface area contributed by atoms with Gasteiger partial charge in [0.05, 0.1) is 13.2 Å². The fourth-order valence-electron chi connectivity index (χ4n) is 7.31. The van der Waals surface area contributed by atoms with Gasteiger partial charge in [0.15, 0.2) is 11.6 Å². The number of rotatable bonds is 2. The van der Waals surface area contributed by atoms with Gasteiger partial charge in [0.25, 0.3) is 0 Å². The molecule has 0 radical (unpaired) electrons. The first kappa shape index (κ1) is 18.7. The zero-order chi connectivity index (χ0) is 19.7. The van der Waals surface area contributed by atoms with E-state index in [0.29, 0.717) is 11.8 Å². The van der Waals surface area contributed by atoms with E-state index >= 15 is 0 Å². The van der Waals surface area contributed by atoms with Crippen LogP contribution in [0.25, 0.3) is 0 Å². The van der Waals surface area contributed by atoms with Gasteiger partial charge < -0.3 is 9.47 Å². The number of hydrogen-bond donors (Lipinski definition) is 0. The Morgan fingerprint density at radius 2 is 1.82 bits per heavy atom. The summed E-state index contributed by atoms with van der Waals surface area (Å²) in [6.07, 6.45) is 10.5. The quantitative estimate of drug-likeness (QED) is 0.656. The molecule has 152 valence electrons. The summed E-state index contributed by atoms with van der Waals surface area (Å²) in [4.78, 5) is 24.8. The van der Waals surface area contributed by atoms with Gasteiger partial charge >= 0.3 is 0 Å². The topological polar surface area (TPSA) is 52.6 Å². The van der Waals surface area contributed by atoms with Gasteiger partial charge in [0.2, 0.25) is 5.78 Å². The van der Waals surface area contributed by atoms with E-state index in [2.05, 4.69) is 19.9 Å². The van der Waals surface area contributed by atoms with Gasteiger partial charge in [-0.3, -0.25) is 9.59 Å². The highest BCUT2D eigenvalue weighted by Gasteiger charge is 2.62. The molecule has 0 unspecified atom stereocenters. The van der Waals surface area contributed by atoms with Crippen LogP contribution in [0.5, 0.6) is 0 Å². The lowest BCUT2D eigenvalue weighted by Gasteiger charge is -2.51. The molecule has 5 aliphatic rings. The number of carbonyl (C=O) groups excluding carboxylic acids is 2. The lowest BCUT2D eigenvalue weighted by molar-refractivity contribution is -0.164. The molecule has 0 bridgehead atoms. The number of Topliss-reactive ketones (excluding diaryl/α,β-unsaturated/α-hetero) is 2. The van der Waals surface area contributed by atoms with Crippen molar-refractivity contribution < 1.29 is 19.1 Å². The number of allylic oxidation sites excluding steroid dienone is 3. The van der Waals surface area contributed by atoms with E-state index < -0.39 is 5.41 Å². The first-order valence-electron chi connectivity index (χ1n) is 11.0. The summed E-state index contributed by atoms with van der Waals surface area (Å²) in [6.45, 7) is 7.21. The largest absolute Gasteiger partial charge is 0.347 e. The maximum Gasteiger partial charge on any atom is 0.204 e. The third kappa shape index (κ3) is 2.37. The van der Waals surface area contributed by atoms with E-state index in [-0.39, 0.29) is 22.8 Å². The highest BCUT2D eigenvalue weighted by Crippen LogP contribution is 2.66. The molecule has 1 saturated heterocycles. The molecule has 1 aliphatic heterocycles. The Bertz CT molecular complexity index is 799. The first-order chi connectivity index (χ1) is 13.3. The molecule has 1 heterocycles. The minimum Gasteiger partial charge on any atom is -0.347 e. The van der Waals surface area contributed by atoms with Crippen molar-refractivity contribution in [3.63, 3.8) is 0 Å². The Kier molecular flexibility index (Phi) is 4.10. The molecular weight excluding hydrogens is 352 g/mol. The maximum atomic E-state index is 12.9. The van der Waals surface area contributed by atoms with Crippen LogP contribution in [0, 0.1) is 22.7 Å². The lowest BCUT2D eigenvalue weighted by Crippen LogP contribution is -2.48. The highest BCUT2D eigenvalue weighted by molar-refractivity contribution is 6.38. The van der Waals surface area contributed by atoms with E-state index in [1.54, 1.807) is 16.7 Å². The van der Waals surface area contributed by atoms with Gasteiger partial charge in [-0.05, 0) is 66.9 Å². The molecule has 0 aromatic rings. The molecular formula is C24H32O4. The molecule has 4 heteroatoms. The third-order valence-electron chi connectivity index (χ3n) is 9.07. The fraction of sp³-hybridized carbons (Fsp3) is 0.750. The Morgan fingerprint density at radius 3 is 2.54 bits per heavy atom. The van der Waals surface area contributed by atoms with Crippen LogP contribution >= 0.6 is 0 Å². The fourth-order valence-corrected chi connectivity index (χ4v) is 7.31. The minimum absolute atomic E-state index is 0.102. The van der Waals surface area contributed by atoms with Crippen molar-refractivity contribution in [3.8, 4) is 0 Å². The SMILES string of the molecule is CC(=O)C(=O)[C@@]1(C)CC[C@H]2[C@@H]3CCC4=C(CCC5(C4)OCCO5)C3=CC[C@@]21C. The van der Waals surface area contributed by atoms with Gasteiger partial charge in [0.1, 0.15) is 0 Å². The predicted molar refractivity (Wildman–Crippen MR) is 106 cm³/mol. The molecule has 0 aromatic carbocycles. The molecule has 5 rings (SSSR count). The van der Waals surface area contributed by atoms with Gasteiger partial charge in [0, 0.05) is 25.2 Å². The second-order valence-corrected chi connectivity index (χ2v) is 10.2. The molecule has 0 aromatic heterocycles. The van der Waals surface area contributed by atoms with Crippen molar-refractivity contribution in [1.29, 1.82) is 0 Å². The Labute approximate surface area is 167 Å². The molecule has 2 fully saturated rings. The van der Waals surface area contributed by atoms with E-state index in [0.717, 1.165) is 64.6 Å². The van der Waals surface area contributed by atoms with Crippen molar-refractivity contribution in [1.82, 2.24) is 0 Å². The average molecular weight is 385 g/mol. The lowest BCUT2D eigenvalue weighted by atomic mass is 9.52. The normalized spacial score (nSPS) is 41.3. The minimum atomic E-state index is -0.512. The molecule has 0 N–H and O–H groups in total. The summed E-state index contributed by atoms with van der Waals surface area (Å²) in [5.41, 5.74) is 4.04. The van der Waals surface area contributed by atoms with Crippen molar-refractivity contribution >= 4 is 11.6 Å². The van der Waals surface area contributed by atoms with Crippen LogP contribution < -0.4 is 0 Å². The van der Waals surface area contributed by atoms with Crippen molar-refractivity contribution in [2.24, 2.45) is 22.7 Å². The molecule has 4 nitrogen and oxygen atoms in total. The Hall–Kier alpha value is -1.26. The third-order valence-corrected chi connectivity index (χ3v) is 9.07. The van der Waals surface area contributed by atoms with Crippen LogP contribution in [0.2, 0.25) is 0 Å². The number of carbonyl (C=O) groups is 2. The summed E-state index contributed by atoms with van der Waals surface area (Å²) < 4.78 is 12.0. The van der Waals surface area contributed by atoms with Crippen molar-refractivity contribution in [2.45, 2.75) is 77.9 Å². The monoisotopic (exact) mass is 384 g/mol. The van der Waals surface area contributed by atoms with Crippen LogP contribution in [0.4, 0.5) is 0 Å². The molecule has 28 heavy (non-hydrogen) atoms. The van der Waals surface area contributed by atoms with Crippen LogP contribution in [-0.2, 0) is 19.1 Å². The summed E-state index contributed by atoms with van der Waals surface area (Å²) in [7, 11) is 0. The van der Waals surface area contributed by atoms with Crippen LogP contribution in [0.1, 0.15) is 72.1 Å². The van der Waals surface area contributed by atoms with Crippen molar-refractivity contribution in [3.05, 3.63) is 22.8 Å². The van der Waals surface area contributed by atoms with Crippen LogP contribution in [-0.4, -0.2) is 30.6 Å². The van der Waals surface area contributed by atoms with Crippen LogP contribution in [0.3, 0.4) is 0 Å². The smallest absolute Gasteiger partial charge is 0.204 e. The van der Waals surface area contributed by atoms with E-state index in [9.17, 15) is 9.59 Å². The molecule has 4 aliphatic carbocycles. The second-order valence-electron chi connectivity index (χ2n) is 10.2. The maximum absolute atomic E-state index is 12.9. The molecule has 4 atom stereocenters. The standard InChI is InChI=1S/C24H32O4/c1-15(25)21(26)23(3)10-8-20-19-5-4-16-14-24(27-12-13-28-24)11-7-17(16)18(19)6-9-22(20,23)2/h6,19-20H,4-5,7-14H2,1-3H3/t19-,20+,22+,23-/m1/s1. The predicted octanol–water partition coefficient (Wildman–Crippen LogP) is 4.53. The second kappa shape index (κ2) is 6.12. The van der Waals surface area contributed by atoms with Gasteiger partial charge in [-0.2, -0.15) is 0 Å². The number of fused-ring (bicyclic) bond motifs is 4. The molecule has 1 spiro atoms. The summed E-state index contributed by atoms with van der Waals surface area (Å²) in [5, 5.41) is 0. The van der Waals surface area contributed by atoms with E-state index in [1.807, 2.05) is 0 Å². The summed E-state index contributed by atoms with van der Waals surface area (Å²) >= 11 is 0. The first-order valence-corrected chi connectivity index (χ1v) is 11.0. The number of ether oxygens (including phenoxy) is 2. The Balaban J connectivity index is 1.48. The van der Waals surface area contributed by atoms with Crippen molar-refractivity contribution in [2.75, 3.05) is 13.2 Å². The Morgan fingerprint density at radius 1 is 1.07 bits per heavy atom. The average Bonchev–Trinajstić information content (AvgIpc) is 3.23. The number of hydrogen-bond acceptors (Lipinski definition) is 4. The molecule has 0 amide bonds. The van der Waals surface area contributed by atoms with Gasteiger partial charge in [-0.15, -0.1) is 0 Å². The summed E-state index contributed by atoms with van der Waals surface area (Å²) in [6, 6.07) is 0. The molecule has 1 saturated carbocycles. The van der Waals surface area contributed by atoms with E-state index in [1.165, 1.54) is 6.92 Å². The van der Waals surface area contributed by atoms with Crippen LogP contribution in [0.15, 0.2) is 22.8 Å². The zero-order valence-corrected chi connectivity index (χ0v) is 17.4. The number of ketones is 2. The summed E-state index contributed by atoms with van der Waals surface area (Å²) in [5.74, 6) is 0.264. The van der Waals surface area contributed by atoms with Gasteiger partial charge in [-0.25, -0.2) is 0 Å². The highest BCUT2D eigenvalue weighted by atomic mass is 16.7. The van der Waals surface area contributed by atoms with Gasteiger partial charge in [-0.1, -0.05) is 25.5 Å².